The predicted octanol–water partition coefficient (Wildman–Crippen LogP) is 4.64. The van der Waals surface area contributed by atoms with Crippen LogP contribution < -0.4 is 15.2 Å². The molecule has 7 nitrogen and oxygen atoms in total. The third-order valence-electron chi connectivity index (χ3n) is 4.38. The Kier molecular flexibility index (Phi) is 5.71. The summed E-state index contributed by atoms with van der Waals surface area (Å²) in [5.41, 5.74) is 3.16. The van der Waals surface area contributed by atoms with Crippen LogP contribution in [0.25, 0.3) is 11.3 Å². The molecule has 140 valence electrons. The van der Waals surface area contributed by atoms with Crippen molar-refractivity contribution >= 4 is 17.1 Å². The number of hydrogen-bond donors (Lipinski definition) is 2. The maximum atomic E-state index is 12.1. The van der Waals surface area contributed by atoms with Crippen LogP contribution in [-0.2, 0) is 0 Å². The second-order valence-electron chi connectivity index (χ2n) is 5.92. The fraction of sp³-hybridized carbons (Fsp3) is 0.250. The number of hydrogen-bond acceptors (Lipinski definition) is 5. The van der Waals surface area contributed by atoms with Crippen molar-refractivity contribution in [1.29, 1.82) is 0 Å². The molecule has 0 bridgehead atoms. The molecule has 0 radical (unpaired) electrons. The number of ether oxygens (including phenoxy) is 1. The zero-order valence-electron chi connectivity index (χ0n) is 15.7. The van der Waals surface area contributed by atoms with Gasteiger partial charge in [-0.15, -0.1) is 5.11 Å². The molecule has 0 saturated carbocycles. The molecular formula is C20H23N5O2. The van der Waals surface area contributed by atoms with E-state index in [0.29, 0.717) is 11.4 Å². The smallest absolute Gasteiger partial charge is 0.292 e. The van der Waals surface area contributed by atoms with Gasteiger partial charge in [-0.3, -0.25) is 15.0 Å². The van der Waals surface area contributed by atoms with Crippen molar-refractivity contribution in [2.75, 3.05) is 25.1 Å². The van der Waals surface area contributed by atoms with Crippen LogP contribution in [-0.4, -0.2) is 30.4 Å². The molecule has 0 atom stereocenters. The first kappa shape index (κ1) is 18.4. The maximum absolute atomic E-state index is 12.1. The van der Waals surface area contributed by atoms with E-state index in [2.05, 4.69) is 39.2 Å². The molecule has 2 N–H and O–H groups in total. The van der Waals surface area contributed by atoms with Gasteiger partial charge in [-0.05, 0) is 62.4 Å². The van der Waals surface area contributed by atoms with E-state index in [4.69, 9.17) is 4.74 Å². The largest absolute Gasteiger partial charge is 0.497 e. The fourth-order valence-electron chi connectivity index (χ4n) is 2.84. The number of nitrogens with one attached hydrogen (secondary N) is 2. The number of aromatic nitrogens is 2. The molecule has 0 fully saturated rings. The monoisotopic (exact) mass is 365 g/mol. The molecule has 7 heteroatoms. The lowest BCUT2D eigenvalue weighted by molar-refractivity contribution is 0.415. The van der Waals surface area contributed by atoms with Crippen molar-refractivity contribution in [2.45, 2.75) is 13.8 Å². The highest BCUT2D eigenvalue weighted by Crippen LogP contribution is 2.28. The van der Waals surface area contributed by atoms with Gasteiger partial charge in [0.05, 0.1) is 18.5 Å². The SMILES string of the molecule is CCN(CC)c1ccc(N=Nc2c(-c3ccc(OC)cc3)[nH][nH]c2=O)cc1. The van der Waals surface area contributed by atoms with Gasteiger partial charge in [-0.1, -0.05) is 0 Å². The van der Waals surface area contributed by atoms with Gasteiger partial charge in [0.15, 0.2) is 5.69 Å². The summed E-state index contributed by atoms with van der Waals surface area (Å²) >= 11 is 0. The van der Waals surface area contributed by atoms with E-state index < -0.39 is 0 Å². The van der Waals surface area contributed by atoms with E-state index in [1.807, 2.05) is 48.5 Å². The van der Waals surface area contributed by atoms with Crippen molar-refractivity contribution in [3.05, 3.63) is 58.9 Å². The van der Waals surface area contributed by atoms with E-state index in [1.165, 1.54) is 0 Å². The van der Waals surface area contributed by atoms with Crippen LogP contribution in [0.2, 0.25) is 0 Å². The summed E-state index contributed by atoms with van der Waals surface area (Å²) in [7, 11) is 1.61. The maximum Gasteiger partial charge on any atom is 0.292 e. The number of H-pyrrole nitrogens is 2. The van der Waals surface area contributed by atoms with Crippen molar-refractivity contribution in [2.24, 2.45) is 10.2 Å². The Labute approximate surface area is 157 Å². The summed E-state index contributed by atoms with van der Waals surface area (Å²) in [6.07, 6.45) is 0. The Morgan fingerprint density at radius 1 is 0.926 bits per heavy atom. The van der Waals surface area contributed by atoms with Crippen LogP contribution in [0.5, 0.6) is 5.75 Å². The van der Waals surface area contributed by atoms with Gasteiger partial charge in [0.1, 0.15) is 5.75 Å². The summed E-state index contributed by atoms with van der Waals surface area (Å²) in [4.78, 5) is 14.4. The average molecular weight is 365 g/mol. The van der Waals surface area contributed by atoms with Crippen LogP contribution in [0.3, 0.4) is 0 Å². The number of methoxy groups -OCH3 is 1. The number of benzene rings is 2. The van der Waals surface area contributed by atoms with Crippen molar-refractivity contribution in [3.63, 3.8) is 0 Å². The quantitative estimate of drug-likeness (QED) is 0.598. The molecule has 0 unspecified atom stereocenters. The first-order valence-electron chi connectivity index (χ1n) is 8.88. The molecule has 1 aromatic heterocycles. The highest BCUT2D eigenvalue weighted by molar-refractivity contribution is 5.71. The number of anilines is 1. The van der Waals surface area contributed by atoms with Gasteiger partial charge in [0.25, 0.3) is 5.56 Å². The van der Waals surface area contributed by atoms with Crippen molar-refractivity contribution in [1.82, 2.24) is 10.2 Å². The molecule has 0 spiro atoms. The minimum Gasteiger partial charge on any atom is -0.497 e. The molecular weight excluding hydrogens is 342 g/mol. The van der Waals surface area contributed by atoms with Gasteiger partial charge < -0.3 is 9.64 Å². The third kappa shape index (κ3) is 4.08. The van der Waals surface area contributed by atoms with Crippen LogP contribution in [0.15, 0.2) is 63.6 Å². The Hall–Kier alpha value is -3.35. The first-order chi connectivity index (χ1) is 13.2. The number of azo groups is 1. The Morgan fingerprint density at radius 3 is 2.19 bits per heavy atom. The topological polar surface area (TPSA) is 85.8 Å². The predicted molar refractivity (Wildman–Crippen MR) is 108 cm³/mol. The van der Waals surface area contributed by atoms with Crippen LogP contribution >= 0.6 is 0 Å². The van der Waals surface area contributed by atoms with Crippen molar-refractivity contribution in [3.8, 4) is 17.0 Å². The third-order valence-corrected chi connectivity index (χ3v) is 4.38. The average Bonchev–Trinajstić information content (AvgIpc) is 3.09. The molecule has 1 heterocycles. The lowest BCUT2D eigenvalue weighted by Gasteiger charge is -2.20. The van der Waals surface area contributed by atoms with Gasteiger partial charge in [-0.25, -0.2) is 0 Å². The summed E-state index contributed by atoms with van der Waals surface area (Å²) in [6, 6.07) is 15.2. The molecule has 27 heavy (non-hydrogen) atoms. The number of rotatable bonds is 7. The second-order valence-corrected chi connectivity index (χ2v) is 5.92. The van der Waals surface area contributed by atoms with Gasteiger partial charge >= 0.3 is 0 Å². The summed E-state index contributed by atoms with van der Waals surface area (Å²) in [6.45, 7) is 6.13. The van der Waals surface area contributed by atoms with Gasteiger partial charge in [-0.2, -0.15) is 5.11 Å². The second kappa shape index (κ2) is 8.35. The molecule has 0 saturated heterocycles. The van der Waals surface area contributed by atoms with Gasteiger partial charge in [0, 0.05) is 24.3 Å². The Morgan fingerprint density at radius 2 is 1.59 bits per heavy atom. The number of nitrogens with zero attached hydrogens (tertiary/aromatic N) is 3. The highest BCUT2D eigenvalue weighted by atomic mass is 16.5. The lowest BCUT2D eigenvalue weighted by Crippen LogP contribution is -2.21. The first-order valence-corrected chi connectivity index (χ1v) is 8.88. The molecule has 2 aromatic carbocycles. The molecule has 0 aliphatic carbocycles. The Balaban J connectivity index is 1.85. The van der Waals surface area contributed by atoms with E-state index in [9.17, 15) is 4.79 Å². The normalized spacial score (nSPS) is 11.1. The Bertz CT molecular complexity index is 951. The minimum absolute atomic E-state index is 0.244. The fourth-order valence-corrected chi connectivity index (χ4v) is 2.84. The lowest BCUT2D eigenvalue weighted by atomic mass is 10.1. The van der Waals surface area contributed by atoms with Crippen LogP contribution in [0, 0.1) is 0 Å². The van der Waals surface area contributed by atoms with Crippen LogP contribution in [0.4, 0.5) is 17.1 Å². The molecule has 3 aromatic rings. The summed E-state index contributed by atoms with van der Waals surface area (Å²) in [5.74, 6) is 0.744. The van der Waals surface area contributed by atoms with E-state index >= 15 is 0 Å². The van der Waals surface area contributed by atoms with E-state index in [-0.39, 0.29) is 11.2 Å². The van der Waals surface area contributed by atoms with Crippen molar-refractivity contribution < 1.29 is 4.74 Å². The van der Waals surface area contributed by atoms with E-state index in [0.717, 1.165) is 30.1 Å². The minimum atomic E-state index is -0.315. The zero-order valence-corrected chi connectivity index (χ0v) is 15.7. The summed E-state index contributed by atoms with van der Waals surface area (Å²) < 4.78 is 5.16. The standard InChI is InChI=1S/C20H23N5O2/c1-4-25(5-2)16-10-8-15(9-11-16)21-23-19-18(22-24-20(19)26)14-6-12-17(27-3)13-7-14/h6-13H,4-5H2,1-3H3,(H2,22,24,26). The van der Waals surface area contributed by atoms with Gasteiger partial charge in [0.2, 0.25) is 0 Å². The number of aromatic amines is 2. The highest BCUT2D eigenvalue weighted by Gasteiger charge is 2.12. The zero-order chi connectivity index (χ0) is 19.2. The molecule has 0 aliphatic heterocycles. The summed E-state index contributed by atoms with van der Waals surface area (Å²) in [5, 5.41) is 13.8. The molecule has 0 amide bonds. The van der Waals surface area contributed by atoms with Crippen LogP contribution in [0.1, 0.15) is 13.8 Å². The van der Waals surface area contributed by atoms with E-state index in [1.54, 1.807) is 7.11 Å². The molecule has 0 aliphatic rings. The molecule has 3 rings (SSSR count).